The Morgan fingerprint density at radius 1 is 1.15 bits per heavy atom. The number of pyridine rings is 1. The van der Waals surface area contributed by atoms with Gasteiger partial charge in [-0.25, -0.2) is 0 Å². The number of aromatic nitrogens is 4. The van der Waals surface area contributed by atoms with E-state index in [0.717, 1.165) is 5.56 Å². The minimum atomic E-state index is -0.468. The van der Waals surface area contributed by atoms with Crippen molar-refractivity contribution in [3.05, 3.63) is 76.5 Å². The lowest BCUT2D eigenvalue weighted by molar-refractivity contribution is 0.454. The number of hydrogen-bond donors (Lipinski definition) is 2. The number of hydrogen-bond acceptors (Lipinski definition) is 4. The minimum Gasteiger partial charge on any atom is -0.503 e. The number of benzene rings is 1. The van der Waals surface area contributed by atoms with E-state index in [1.807, 2.05) is 30.3 Å². The smallest absolute Gasteiger partial charge is 0.293 e. The second kappa shape index (κ2) is 5.00. The van der Waals surface area contributed by atoms with Crippen molar-refractivity contribution in [1.29, 1.82) is 0 Å². The molecule has 0 aliphatic carbocycles. The Morgan fingerprint density at radius 3 is 2.65 bits per heavy atom. The summed E-state index contributed by atoms with van der Waals surface area (Å²) in [5.41, 5.74) is 1.02. The van der Waals surface area contributed by atoms with E-state index in [1.54, 1.807) is 18.5 Å². The van der Waals surface area contributed by atoms with Gasteiger partial charge in [0.15, 0.2) is 5.75 Å². The molecular formula is C14H12N4O2. The highest BCUT2D eigenvalue weighted by Gasteiger charge is 2.20. The van der Waals surface area contributed by atoms with Crippen molar-refractivity contribution in [3.63, 3.8) is 0 Å². The molecule has 2 N–H and O–H groups in total. The van der Waals surface area contributed by atoms with Crippen LogP contribution in [0.5, 0.6) is 5.75 Å². The molecule has 1 aromatic carbocycles. The lowest BCUT2D eigenvalue weighted by Crippen LogP contribution is -2.25. The van der Waals surface area contributed by atoms with Crippen LogP contribution in [-0.2, 0) is 0 Å². The fourth-order valence-electron chi connectivity index (χ4n) is 2.15. The van der Waals surface area contributed by atoms with Gasteiger partial charge in [0.2, 0.25) is 0 Å². The number of nitrogens with one attached hydrogen (secondary N) is 1. The molecule has 0 aliphatic rings. The van der Waals surface area contributed by atoms with Crippen LogP contribution in [0.25, 0.3) is 0 Å². The monoisotopic (exact) mass is 268 g/mol. The number of H-pyrrole nitrogens is 1. The van der Waals surface area contributed by atoms with Gasteiger partial charge in [-0.1, -0.05) is 35.5 Å². The molecule has 100 valence electrons. The van der Waals surface area contributed by atoms with Crippen LogP contribution < -0.4 is 5.56 Å². The predicted molar refractivity (Wildman–Crippen MR) is 72.4 cm³/mol. The third-order valence-corrected chi connectivity index (χ3v) is 3.06. The number of rotatable bonds is 3. The van der Waals surface area contributed by atoms with Crippen LogP contribution >= 0.6 is 0 Å². The zero-order chi connectivity index (χ0) is 13.9. The van der Waals surface area contributed by atoms with Crippen molar-refractivity contribution in [2.45, 2.75) is 6.04 Å². The Morgan fingerprint density at radius 2 is 1.95 bits per heavy atom. The lowest BCUT2D eigenvalue weighted by atomic mass is 10.0. The van der Waals surface area contributed by atoms with Crippen molar-refractivity contribution in [2.75, 3.05) is 0 Å². The molecule has 6 heteroatoms. The zero-order valence-electron chi connectivity index (χ0n) is 10.5. The highest BCUT2D eigenvalue weighted by atomic mass is 16.3. The summed E-state index contributed by atoms with van der Waals surface area (Å²) < 4.78 is 1.43. The molecule has 20 heavy (non-hydrogen) atoms. The average Bonchev–Trinajstić information content (AvgIpc) is 2.99. The SMILES string of the molecule is O=c1c(O)cccn1C(c1ccccc1)c1c[nH]nn1. The summed E-state index contributed by atoms with van der Waals surface area (Å²) in [6.45, 7) is 0. The summed E-state index contributed by atoms with van der Waals surface area (Å²) in [4.78, 5) is 12.1. The van der Waals surface area contributed by atoms with Gasteiger partial charge in [-0.05, 0) is 17.7 Å². The topological polar surface area (TPSA) is 83.8 Å². The number of aromatic amines is 1. The first-order chi connectivity index (χ1) is 9.77. The lowest BCUT2D eigenvalue weighted by Gasteiger charge is -2.18. The summed E-state index contributed by atoms with van der Waals surface area (Å²) in [5.74, 6) is -0.295. The van der Waals surface area contributed by atoms with Crippen LogP contribution in [0.15, 0.2) is 59.7 Å². The van der Waals surface area contributed by atoms with E-state index in [4.69, 9.17) is 0 Å². The van der Waals surface area contributed by atoms with Gasteiger partial charge < -0.3 is 5.11 Å². The largest absolute Gasteiger partial charge is 0.503 e. The Kier molecular flexibility index (Phi) is 3.04. The minimum absolute atomic E-state index is 0.295. The summed E-state index contributed by atoms with van der Waals surface area (Å²) in [6, 6.07) is 12.0. The van der Waals surface area contributed by atoms with E-state index in [-0.39, 0.29) is 5.75 Å². The van der Waals surface area contributed by atoms with E-state index in [9.17, 15) is 9.90 Å². The first-order valence-electron chi connectivity index (χ1n) is 6.09. The molecule has 6 nitrogen and oxygen atoms in total. The van der Waals surface area contributed by atoms with Gasteiger partial charge in [0.1, 0.15) is 11.7 Å². The molecule has 0 aliphatic heterocycles. The van der Waals surface area contributed by atoms with E-state index < -0.39 is 11.6 Å². The summed E-state index contributed by atoms with van der Waals surface area (Å²) in [7, 11) is 0. The van der Waals surface area contributed by atoms with E-state index >= 15 is 0 Å². The van der Waals surface area contributed by atoms with Crippen LogP contribution in [0.1, 0.15) is 17.3 Å². The van der Waals surface area contributed by atoms with Crippen molar-refractivity contribution in [3.8, 4) is 5.75 Å². The van der Waals surface area contributed by atoms with E-state index in [1.165, 1.54) is 10.6 Å². The maximum atomic E-state index is 12.1. The van der Waals surface area contributed by atoms with Crippen LogP contribution in [0.3, 0.4) is 0 Å². The van der Waals surface area contributed by atoms with Gasteiger partial charge in [-0.2, -0.15) is 0 Å². The number of nitrogens with zero attached hydrogens (tertiary/aromatic N) is 3. The molecule has 3 aromatic rings. The van der Waals surface area contributed by atoms with Gasteiger partial charge in [-0.3, -0.25) is 14.5 Å². The summed E-state index contributed by atoms with van der Waals surface area (Å²) >= 11 is 0. The highest BCUT2D eigenvalue weighted by molar-refractivity contribution is 5.29. The predicted octanol–water partition coefficient (Wildman–Crippen LogP) is 1.31. The molecule has 0 spiro atoms. The van der Waals surface area contributed by atoms with Gasteiger partial charge in [0, 0.05) is 12.4 Å². The van der Waals surface area contributed by atoms with Gasteiger partial charge in [-0.15, -0.1) is 5.10 Å². The third kappa shape index (κ3) is 2.07. The fourth-order valence-corrected chi connectivity index (χ4v) is 2.15. The van der Waals surface area contributed by atoms with E-state index in [0.29, 0.717) is 5.69 Å². The molecule has 0 radical (unpaired) electrons. The molecular weight excluding hydrogens is 256 g/mol. The van der Waals surface area contributed by atoms with Crippen LogP contribution in [0.4, 0.5) is 0 Å². The molecule has 1 atom stereocenters. The van der Waals surface area contributed by atoms with Crippen molar-refractivity contribution in [1.82, 2.24) is 20.0 Å². The van der Waals surface area contributed by atoms with Crippen molar-refractivity contribution >= 4 is 0 Å². The molecule has 0 amide bonds. The molecule has 0 bridgehead atoms. The molecule has 1 unspecified atom stereocenters. The van der Waals surface area contributed by atoms with Gasteiger partial charge in [0.05, 0.1) is 0 Å². The zero-order valence-corrected chi connectivity index (χ0v) is 10.5. The van der Waals surface area contributed by atoms with Crippen molar-refractivity contribution in [2.24, 2.45) is 0 Å². The van der Waals surface area contributed by atoms with Crippen LogP contribution in [-0.4, -0.2) is 25.1 Å². The second-order valence-corrected chi connectivity index (χ2v) is 4.32. The van der Waals surface area contributed by atoms with Gasteiger partial charge >= 0.3 is 0 Å². The normalized spacial score (nSPS) is 12.2. The second-order valence-electron chi connectivity index (χ2n) is 4.32. The molecule has 0 saturated heterocycles. The maximum Gasteiger partial charge on any atom is 0.293 e. The Balaban J connectivity index is 2.21. The molecule has 3 rings (SSSR count). The molecule has 0 fully saturated rings. The Labute approximate surface area is 114 Å². The standard InChI is InChI=1S/C14H12N4O2/c19-12-7-4-8-18(14(12)20)13(11-9-15-17-16-11)10-5-2-1-3-6-10/h1-9,13,19H,(H,15,16,17). The highest BCUT2D eigenvalue weighted by Crippen LogP contribution is 2.23. The third-order valence-electron chi connectivity index (χ3n) is 3.06. The van der Waals surface area contributed by atoms with Crippen molar-refractivity contribution < 1.29 is 5.11 Å². The Hall–Kier alpha value is -2.89. The van der Waals surface area contributed by atoms with Crippen LogP contribution in [0, 0.1) is 0 Å². The van der Waals surface area contributed by atoms with Gasteiger partial charge in [0.25, 0.3) is 5.56 Å². The molecule has 2 aromatic heterocycles. The van der Waals surface area contributed by atoms with E-state index in [2.05, 4.69) is 15.4 Å². The first kappa shape index (κ1) is 12.2. The molecule has 0 saturated carbocycles. The quantitative estimate of drug-likeness (QED) is 0.750. The molecule has 2 heterocycles. The van der Waals surface area contributed by atoms with Crippen LogP contribution in [0.2, 0.25) is 0 Å². The summed E-state index contributed by atoms with van der Waals surface area (Å²) in [5, 5.41) is 19.9. The summed E-state index contributed by atoms with van der Waals surface area (Å²) in [6.07, 6.45) is 3.25. The average molecular weight is 268 g/mol. The fraction of sp³-hybridized carbons (Fsp3) is 0.0714. The Bertz CT molecular complexity index is 750. The number of aromatic hydroxyl groups is 1. The maximum absolute atomic E-state index is 12.1. The first-order valence-corrected chi connectivity index (χ1v) is 6.09.